The molecule has 2 atom stereocenters. The van der Waals surface area contributed by atoms with Crippen LogP contribution in [0.15, 0.2) is 0 Å². The summed E-state index contributed by atoms with van der Waals surface area (Å²) in [4.78, 5) is 34.7. The van der Waals surface area contributed by atoms with E-state index in [1.165, 1.54) is 4.90 Å². The molecule has 0 bridgehead atoms. The number of amides is 2. The number of likely N-dealkylation sites (tertiary alicyclic amines) is 1. The van der Waals surface area contributed by atoms with E-state index in [4.69, 9.17) is 0 Å². The quantitative estimate of drug-likeness (QED) is 0.369. The molecule has 1 aliphatic heterocycles. The standard InChI is InChI=1S/C12H17NO3/c14-7-5-3-1-2-4-6-13-11(15)9-8-10(9)12(13)16/h7,9-10H,1-6,8H2. The monoisotopic (exact) mass is 223 g/mol. The lowest BCUT2D eigenvalue weighted by molar-refractivity contribution is -0.141. The summed E-state index contributed by atoms with van der Waals surface area (Å²) in [6.45, 7) is 0.575. The van der Waals surface area contributed by atoms with E-state index in [-0.39, 0.29) is 23.7 Å². The first kappa shape index (κ1) is 11.3. The Kier molecular flexibility index (Phi) is 3.36. The lowest BCUT2D eigenvalue weighted by Crippen LogP contribution is -2.33. The first-order chi connectivity index (χ1) is 7.75. The molecule has 0 radical (unpaired) electrons. The van der Waals surface area contributed by atoms with Crippen molar-refractivity contribution < 1.29 is 14.4 Å². The van der Waals surface area contributed by atoms with Gasteiger partial charge in [-0.3, -0.25) is 14.5 Å². The zero-order valence-corrected chi connectivity index (χ0v) is 9.35. The summed E-state index contributed by atoms with van der Waals surface area (Å²) >= 11 is 0. The van der Waals surface area contributed by atoms with Crippen LogP contribution in [0.4, 0.5) is 0 Å². The summed E-state index contributed by atoms with van der Waals surface area (Å²) in [5.41, 5.74) is 0. The van der Waals surface area contributed by atoms with E-state index < -0.39 is 0 Å². The topological polar surface area (TPSA) is 54.5 Å². The van der Waals surface area contributed by atoms with Crippen LogP contribution < -0.4 is 0 Å². The van der Waals surface area contributed by atoms with Crippen LogP contribution in [0.1, 0.15) is 38.5 Å². The second-order valence-corrected chi connectivity index (χ2v) is 4.65. The number of carbonyl (C=O) groups is 3. The van der Waals surface area contributed by atoms with Crippen LogP contribution in [0.5, 0.6) is 0 Å². The van der Waals surface area contributed by atoms with Crippen molar-refractivity contribution in [2.45, 2.75) is 38.5 Å². The molecule has 0 aromatic heterocycles. The molecule has 16 heavy (non-hydrogen) atoms. The minimum Gasteiger partial charge on any atom is -0.303 e. The van der Waals surface area contributed by atoms with Gasteiger partial charge >= 0.3 is 0 Å². The average molecular weight is 223 g/mol. The maximum atomic E-state index is 11.6. The molecule has 1 saturated carbocycles. The van der Waals surface area contributed by atoms with Crippen molar-refractivity contribution >= 4 is 18.1 Å². The number of fused-ring (bicyclic) bond motifs is 1. The number of piperidine rings is 1. The SMILES string of the molecule is O=CCCCCCCN1C(=O)C2CC2C1=O. The molecular weight excluding hydrogens is 206 g/mol. The lowest BCUT2D eigenvalue weighted by atomic mass is 10.1. The van der Waals surface area contributed by atoms with Crippen molar-refractivity contribution in [2.75, 3.05) is 6.54 Å². The summed E-state index contributed by atoms with van der Waals surface area (Å²) < 4.78 is 0. The van der Waals surface area contributed by atoms with Crippen molar-refractivity contribution in [1.29, 1.82) is 0 Å². The van der Waals surface area contributed by atoms with Crippen LogP contribution in [-0.4, -0.2) is 29.5 Å². The van der Waals surface area contributed by atoms with Gasteiger partial charge in [0.1, 0.15) is 6.29 Å². The Bertz CT molecular complexity index is 293. The van der Waals surface area contributed by atoms with Gasteiger partial charge in [-0.25, -0.2) is 0 Å². The summed E-state index contributed by atoms with van der Waals surface area (Å²) in [7, 11) is 0. The number of imide groups is 1. The van der Waals surface area contributed by atoms with Gasteiger partial charge < -0.3 is 4.79 Å². The first-order valence-corrected chi connectivity index (χ1v) is 6.04. The van der Waals surface area contributed by atoms with Gasteiger partial charge in [0.05, 0.1) is 11.8 Å². The Hall–Kier alpha value is -1.19. The number of unbranched alkanes of at least 4 members (excludes halogenated alkanes) is 4. The number of aldehydes is 1. The molecule has 2 fully saturated rings. The van der Waals surface area contributed by atoms with Crippen LogP contribution >= 0.6 is 0 Å². The molecule has 2 rings (SSSR count). The highest BCUT2D eigenvalue weighted by Gasteiger charge is 2.58. The molecule has 0 aromatic rings. The van der Waals surface area contributed by atoms with Crippen molar-refractivity contribution in [3.8, 4) is 0 Å². The summed E-state index contributed by atoms with van der Waals surface area (Å²) in [5.74, 6) is 0.149. The van der Waals surface area contributed by atoms with E-state index in [2.05, 4.69) is 0 Å². The van der Waals surface area contributed by atoms with Crippen molar-refractivity contribution in [1.82, 2.24) is 4.90 Å². The van der Waals surface area contributed by atoms with Gasteiger partial charge in [-0.05, 0) is 19.3 Å². The smallest absolute Gasteiger partial charge is 0.233 e. The Balaban J connectivity index is 1.61. The highest BCUT2D eigenvalue weighted by molar-refractivity contribution is 6.08. The van der Waals surface area contributed by atoms with Gasteiger partial charge in [0.2, 0.25) is 11.8 Å². The largest absolute Gasteiger partial charge is 0.303 e. The Morgan fingerprint density at radius 3 is 2.31 bits per heavy atom. The predicted molar refractivity (Wildman–Crippen MR) is 57.5 cm³/mol. The molecule has 4 heteroatoms. The molecule has 0 aromatic carbocycles. The number of nitrogens with zero attached hydrogens (tertiary/aromatic N) is 1. The highest BCUT2D eigenvalue weighted by Crippen LogP contribution is 2.46. The fraction of sp³-hybridized carbons (Fsp3) is 0.750. The Labute approximate surface area is 95.0 Å². The number of hydrogen-bond acceptors (Lipinski definition) is 3. The maximum absolute atomic E-state index is 11.6. The molecule has 88 valence electrons. The van der Waals surface area contributed by atoms with Gasteiger partial charge in [-0.2, -0.15) is 0 Å². The molecule has 2 amide bonds. The normalized spacial score (nSPS) is 27.1. The molecule has 2 aliphatic rings. The fourth-order valence-corrected chi connectivity index (χ4v) is 2.32. The van der Waals surface area contributed by atoms with E-state index in [1.807, 2.05) is 0 Å². The van der Waals surface area contributed by atoms with Crippen LogP contribution in [0.25, 0.3) is 0 Å². The zero-order valence-electron chi connectivity index (χ0n) is 9.35. The molecule has 2 unspecified atom stereocenters. The maximum Gasteiger partial charge on any atom is 0.233 e. The molecule has 1 aliphatic carbocycles. The van der Waals surface area contributed by atoms with Gasteiger partial charge in [-0.15, -0.1) is 0 Å². The van der Waals surface area contributed by atoms with Crippen molar-refractivity contribution in [2.24, 2.45) is 11.8 Å². The molecule has 4 nitrogen and oxygen atoms in total. The Morgan fingerprint density at radius 2 is 1.69 bits per heavy atom. The van der Waals surface area contributed by atoms with E-state index >= 15 is 0 Å². The van der Waals surface area contributed by atoms with Crippen LogP contribution in [0.2, 0.25) is 0 Å². The minimum atomic E-state index is 0.0302. The summed E-state index contributed by atoms with van der Waals surface area (Å²) in [6.07, 6.45) is 6.11. The van der Waals surface area contributed by atoms with Gasteiger partial charge in [0, 0.05) is 13.0 Å². The van der Waals surface area contributed by atoms with Gasteiger partial charge in [-0.1, -0.05) is 12.8 Å². The summed E-state index contributed by atoms with van der Waals surface area (Å²) in [6, 6.07) is 0. The van der Waals surface area contributed by atoms with Crippen LogP contribution in [0.3, 0.4) is 0 Å². The average Bonchev–Trinajstić information content (AvgIpc) is 3.02. The summed E-state index contributed by atoms with van der Waals surface area (Å²) in [5, 5.41) is 0. The fourth-order valence-electron chi connectivity index (χ4n) is 2.32. The van der Waals surface area contributed by atoms with E-state index in [0.717, 1.165) is 38.4 Å². The van der Waals surface area contributed by atoms with Crippen LogP contribution in [-0.2, 0) is 14.4 Å². The second-order valence-electron chi connectivity index (χ2n) is 4.65. The van der Waals surface area contributed by atoms with E-state index in [1.54, 1.807) is 0 Å². The third-order valence-corrected chi connectivity index (χ3v) is 3.41. The highest BCUT2D eigenvalue weighted by atomic mass is 16.2. The third-order valence-electron chi connectivity index (χ3n) is 3.41. The lowest BCUT2D eigenvalue weighted by Gasteiger charge is -2.15. The Morgan fingerprint density at radius 1 is 1.06 bits per heavy atom. The number of hydrogen-bond donors (Lipinski definition) is 0. The second kappa shape index (κ2) is 4.76. The predicted octanol–water partition coefficient (Wildman–Crippen LogP) is 1.14. The van der Waals surface area contributed by atoms with Gasteiger partial charge in [0.15, 0.2) is 0 Å². The minimum absolute atomic E-state index is 0.0302. The first-order valence-electron chi connectivity index (χ1n) is 6.04. The molecule has 0 N–H and O–H groups in total. The number of rotatable bonds is 7. The number of carbonyl (C=O) groups excluding carboxylic acids is 3. The van der Waals surface area contributed by atoms with Crippen molar-refractivity contribution in [3.63, 3.8) is 0 Å². The zero-order chi connectivity index (χ0) is 11.5. The van der Waals surface area contributed by atoms with E-state index in [0.29, 0.717) is 13.0 Å². The van der Waals surface area contributed by atoms with E-state index in [9.17, 15) is 14.4 Å². The molecule has 0 spiro atoms. The molecule has 1 heterocycles. The third kappa shape index (κ3) is 2.15. The van der Waals surface area contributed by atoms with Crippen molar-refractivity contribution in [3.05, 3.63) is 0 Å². The molecule has 1 saturated heterocycles. The van der Waals surface area contributed by atoms with Gasteiger partial charge in [0.25, 0.3) is 0 Å². The van der Waals surface area contributed by atoms with Crippen LogP contribution in [0, 0.1) is 11.8 Å². The molecular formula is C12H17NO3.